The minimum Gasteiger partial charge on any atom is -0.453 e. The third-order valence-corrected chi connectivity index (χ3v) is 14.2. The number of imidazole rings is 2. The Morgan fingerprint density at radius 2 is 0.894 bits per heavy atom. The summed E-state index contributed by atoms with van der Waals surface area (Å²) in [6, 6.07) is 14.5. The molecule has 0 spiro atoms. The number of benzene rings is 2. The van der Waals surface area contributed by atoms with Crippen molar-refractivity contribution in [3.63, 3.8) is 0 Å². The van der Waals surface area contributed by atoms with Crippen LogP contribution in [0.25, 0.3) is 33.6 Å². The zero-order valence-corrected chi connectivity index (χ0v) is 39.4. The maximum Gasteiger partial charge on any atom is 0.407 e. The molecule has 12 atom stereocenters. The van der Waals surface area contributed by atoms with E-state index in [9.17, 15) is 19.2 Å². The van der Waals surface area contributed by atoms with Gasteiger partial charge in [-0.2, -0.15) is 0 Å². The highest BCUT2D eigenvalue weighted by Crippen LogP contribution is 2.40. The first kappa shape index (κ1) is 46.8. The van der Waals surface area contributed by atoms with E-state index in [1.807, 2.05) is 49.9 Å². The average Bonchev–Trinajstić information content (AvgIpc) is 4.13. The van der Waals surface area contributed by atoms with Crippen molar-refractivity contribution in [3.8, 4) is 33.6 Å². The van der Waals surface area contributed by atoms with Crippen LogP contribution in [0.2, 0.25) is 0 Å². The molecule has 4 aliphatic heterocycles. The van der Waals surface area contributed by atoms with E-state index in [1.54, 1.807) is 0 Å². The lowest BCUT2D eigenvalue weighted by Crippen LogP contribution is -2.55. The largest absolute Gasteiger partial charge is 0.453 e. The number of rotatable bonds is 11. The Balaban J connectivity index is 0.936. The fraction of sp³-hybridized carbons (Fsp3) is 0.560. The molecule has 4 amide bonds. The van der Waals surface area contributed by atoms with Crippen molar-refractivity contribution in [1.82, 2.24) is 40.4 Å². The van der Waals surface area contributed by atoms with Crippen LogP contribution < -0.4 is 10.6 Å². The monoisotopic (exact) mass is 907 g/mol. The number of nitrogens with zero attached hydrogens (tertiary/aromatic N) is 4. The first-order valence-electron chi connectivity index (χ1n) is 23.7. The van der Waals surface area contributed by atoms with Crippen LogP contribution in [-0.4, -0.2) is 117 Å². The Morgan fingerprint density at radius 1 is 0.561 bits per heavy atom. The van der Waals surface area contributed by atoms with Crippen LogP contribution in [-0.2, 0) is 28.5 Å². The smallest absolute Gasteiger partial charge is 0.407 e. The molecule has 4 N–H and O–H groups in total. The molecule has 4 aliphatic rings. The number of hydrogen-bond acceptors (Lipinski definition) is 10. The molecule has 0 bridgehead atoms. The van der Waals surface area contributed by atoms with E-state index < -0.39 is 24.3 Å². The molecular formula is C50H66N8O8. The number of methoxy groups -OCH3 is 2. The lowest BCUT2D eigenvalue weighted by Gasteiger charge is -2.39. The second-order valence-corrected chi connectivity index (χ2v) is 19.1. The van der Waals surface area contributed by atoms with Gasteiger partial charge in [0.25, 0.3) is 0 Å². The van der Waals surface area contributed by atoms with Gasteiger partial charge in [0, 0.05) is 35.6 Å². The van der Waals surface area contributed by atoms with Crippen LogP contribution in [0.5, 0.6) is 0 Å². The van der Waals surface area contributed by atoms with Gasteiger partial charge < -0.3 is 49.3 Å². The number of nitrogens with one attached hydrogen (secondary N) is 4. The molecule has 66 heavy (non-hydrogen) atoms. The van der Waals surface area contributed by atoms with Gasteiger partial charge in [-0.25, -0.2) is 19.6 Å². The number of H-pyrrole nitrogens is 2. The molecule has 4 fully saturated rings. The number of likely N-dealkylation sites (tertiary alicyclic amines) is 2. The average molecular weight is 907 g/mol. The first-order valence-corrected chi connectivity index (χ1v) is 23.7. The number of ether oxygens (including phenoxy) is 4. The lowest BCUT2D eigenvalue weighted by molar-refractivity contribution is -0.141. The van der Waals surface area contributed by atoms with Gasteiger partial charge in [0.2, 0.25) is 11.8 Å². The summed E-state index contributed by atoms with van der Waals surface area (Å²) >= 11 is 0. The summed E-state index contributed by atoms with van der Waals surface area (Å²) in [4.78, 5) is 74.4. The molecule has 0 aliphatic carbocycles. The predicted molar refractivity (Wildman–Crippen MR) is 248 cm³/mol. The van der Waals surface area contributed by atoms with Gasteiger partial charge in [-0.3, -0.25) is 9.59 Å². The minimum atomic E-state index is -0.737. The maximum absolute atomic E-state index is 14.4. The van der Waals surface area contributed by atoms with Crippen molar-refractivity contribution in [2.24, 2.45) is 11.8 Å². The molecule has 0 saturated carbocycles. The number of alkyl carbamates (subject to hydrolysis) is 2. The molecule has 4 aromatic rings. The van der Waals surface area contributed by atoms with Crippen molar-refractivity contribution in [2.75, 3.05) is 14.2 Å². The van der Waals surface area contributed by atoms with Gasteiger partial charge in [0.1, 0.15) is 23.7 Å². The zero-order valence-electron chi connectivity index (χ0n) is 39.4. The van der Waals surface area contributed by atoms with Crippen molar-refractivity contribution in [2.45, 2.75) is 154 Å². The van der Waals surface area contributed by atoms with Gasteiger partial charge in [0.15, 0.2) is 0 Å². The third-order valence-electron chi connectivity index (χ3n) is 14.2. The summed E-state index contributed by atoms with van der Waals surface area (Å²) in [5, 5.41) is 5.75. The molecule has 6 heterocycles. The lowest BCUT2D eigenvalue weighted by atomic mass is 9.85. The van der Waals surface area contributed by atoms with E-state index in [2.05, 4.69) is 83.0 Å². The predicted octanol–water partition coefficient (Wildman–Crippen LogP) is 8.09. The van der Waals surface area contributed by atoms with Gasteiger partial charge in [0.05, 0.1) is 62.1 Å². The highest BCUT2D eigenvalue weighted by molar-refractivity contribution is 5.88. The van der Waals surface area contributed by atoms with Crippen molar-refractivity contribution in [1.29, 1.82) is 0 Å². The van der Waals surface area contributed by atoms with Crippen LogP contribution in [0.1, 0.15) is 117 Å². The van der Waals surface area contributed by atoms with Gasteiger partial charge in [-0.1, -0.05) is 48.5 Å². The molecule has 354 valence electrons. The number of carbonyl (C=O) groups is 4. The van der Waals surface area contributed by atoms with E-state index in [4.69, 9.17) is 28.9 Å². The maximum atomic E-state index is 14.4. The number of hydrogen-bond donors (Lipinski definition) is 4. The Bertz CT molecular complexity index is 2150. The van der Waals surface area contributed by atoms with Crippen LogP contribution in [0.4, 0.5) is 9.59 Å². The zero-order chi connectivity index (χ0) is 46.8. The topological polar surface area (TPSA) is 193 Å². The molecule has 0 radical (unpaired) electrons. The molecular weight excluding hydrogens is 841 g/mol. The molecule has 16 heteroatoms. The second-order valence-electron chi connectivity index (χ2n) is 19.1. The van der Waals surface area contributed by atoms with Crippen molar-refractivity contribution < 1.29 is 38.1 Å². The van der Waals surface area contributed by atoms with Gasteiger partial charge in [-0.05, 0) is 116 Å². The molecule has 4 saturated heterocycles. The SMILES string of the molecule is COC(=O)N[C@H](C(=O)N1[C@@H](C)CC[C@H]1c1nc(-c2ccc(-c3ccc(-c4c[nH]c([C@@H]5CC[C@H](C)N5C(=O)[C@@H](NC(=O)OC)[C@H]5C[C@@H](C)O[C@@H](C)C5)n4)cc3)cc2)c[nH]1)C1C[C@@H](C)O[C@@H](C)C1. The molecule has 2 aromatic carbocycles. The fourth-order valence-electron chi connectivity index (χ4n) is 11.1. The van der Waals surface area contributed by atoms with Gasteiger partial charge >= 0.3 is 12.2 Å². The number of carbonyl (C=O) groups excluding carboxylic acids is 4. The number of amides is 4. The van der Waals surface area contributed by atoms with Crippen LogP contribution >= 0.6 is 0 Å². The number of aromatic amines is 2. The highest BCUT2D eigenvalue weighted by Gasteiger charge is 2.46. The van der Waals surface area contributed by atoms with Crippen LogP contribution in [0, 0.1) is 11.8 Å². The van der Waals surface area contributed by atoms with Gasteiger partial charge in [-0.15, -0.1) is 0 Å². The standard InChI is InChI=1S/C50H66N8O8/c1-27-9-19-41(57(27)47(59)43(55-49(61)63-7)37-21-29(3)65-30(4)22-37)45-51-25-39(53-45)35-15-11-33(12-16-35)34-13-17-36(18-14-34)40-26-52-46(54-40)42-20-10-28(2)58(42)48(60)44(56-50(62)64-8)38-23-31(5)66-32(6)24-38/h11-18,25-32,37-38,41-44H,9-10,19-24H2,1-8H3,(H,51,53)(H,52,54)(H,55,61)(H,56,62)/t27-,28-,29-,30+,31-,32+,37+,38?,41-,42-,43-,44-/m0/s1. The normalized spacial score (nSPS) is 28.7. The Kier molecular flexibility index (Phi) is 14.2. The summed E-state index contributed by atoms with van der Waals surface area (Å²) in [7, 11) is 2.63. The van der Waals surface area contributed by atoms with Crippen LogP contribution in [0.3, 0.4) is 0 Å². The second kappa shape index (κ2) is 20.0. The van der Waals surface area contributed by atoms with Crippen molar-refractivity contribution >= 4 is 24.0 Å². The summed E-state index contributed by atoms with van der Waals surface area (Å²) in [6.45, 7) is 12.1. The molecule has 1 unspecified atom stereocenters. The van der Waals surface area contributed by atoms with E-state index in [1.165, 1.54) is 14.2 Å². The Hall–Kier alpha value is -5.74. The van der Waals surface area contributed by atoms with Crippen LogP contribution in [0.15, 0.2) is 60.9 Å². The third kappa shape index (κ3) is 9.99. The molecule has 16 nitrogen and oxygen atoms in total. The van der Waals surface area contributed by atoms with E-state index in [-0.39, 0.29) is 72.2 Å². The van der Waals surface area contributed by atoms with Crippen molar-refractivity contribution in [3.05, 3.63) is 72.6 Å². The molecule has 2 aromatic heterocycles. The summed E-state index contributed by atoms with van der Waals surface area (Å²) < 4.78 is 21.8. The van der Waals surface area contributed by atoms with E-state index in [0.717, 1.165) is 71.0 Å². The highest BCUT2D eigenvalue weighted by atomic mass is 16.5. The summed E-state index contributed by atoms with van der Waals surface area (Å²) in [6.07, 6.45) is 8.23. The first-order chi connectivity index (χ1) is 31.7. The van der Waals surface area contributed by atoms with E-state index in [0.29, 0.717) is 25.7 Å². The fourth-order valence-corrected chi connectivity index (χ4v) is 11.1. The van der Waals surface area contributed by atoms with E-state index >= 15 is 0 Å². The molecule has 8 rings (SSSR count). The summed E-state index contributed by atoms with van der Waals surface area (Å²) in [5.74, 6) is 1.01. The minimum absolute atomic E-state index is 0.0243. The summed E-state index contributed by atoms with van der Waals surface area (Å²) in [5.41, 5.74) is 5.54. The number of aromatic nitrogens is 4. The Labute approximate surface area is 387 Å². The Morgan fingerprint density at radius 3 is 1.23 bits per heavy atom. The quantitative estimate of drug-likeness (QED) is 0.114.